The standard InChI is InChI=1S/C22H21ClN2O3/c1-16(24-28-15-17-5-11-22(23)12-6-17)19-7-9-20(10-8-19)21-4-2-3-18(13-21)14-25(26)27/h2-13,25-26H,14-15H2,1H3/b24-16+. The lowest BCUT2D eigenvalue weighted by Gasteiger charge is -2.12. The molecule has 0 aliphatic rings. The van der Waals surface area contributed by atoms with Crippen LogP contribution in [0.4, 0.5) is 0 Å². The largest absolute Gasteiger partial charge is 0.600 e. The Morgan fingerprint density at radius 3 is 2.39 bits per heavy atom. The molecule has 0 amide bonds. The lowest BCUT2D eigenvalue weighted by Crippen LogP contribution is -3.03. The third kappa shape index (κ3) is 5.65. The summed E-state index contributed by atoms with van der Waals surface area (Å²) in [7, 11) is 0. The molecule has 0 heterocycles. The van der Waals surface area contributed by atoms with E-state index in [-0.39, 0.29) is 6.54 Å². The molecule has 0 aliphatic carbocycles. The molecule has 2 N–H and O–H groups in total. The van der Waals surface area contributed by atoms with Crippen LogP contribution in [-0.2, 0) is 18.0 Å². The van der Waals surface area contributed by atoms with Crippen LogP contribution < -0.4 is 5.23 Å². The van der Waals surface area contributed by atoms with E-state index in [9.17, 15) is 5.21 Å². The molecule has 0 saturated heterocycles. The van der Waals surface area contributed by atoms with E-state index in [0.29, 0.717) is 11.6 Å². The molecule has 3 rings (SSSR count). The van der Waals surface area contributed by atoms with Gasteiger partial charge in [0.1, 0.15) is 13.2 Å². The zero-order chi connectivity index (χ0) is 19.9. The van der Waals surface area contributed by atoms with E-state index >= 15 is 0 Å². The smallest absolute Gasteiger partial charge is 0.142 e. The first-order chi connectivity index (χ1) is 13.5. The number of oxime groups is 1. The lowest BCUT2D eigenvalue weighted by atomic mass is 10.0. The molecule has 0 aromatic heterocycles. The van der Waals surface area contributed by atoms with E-state index in [4.69, 9.17) is 21.6 Å². The summed E-state index contributed by atoms with van der Waals surface area (Å²) < 4.78 is 0. The Labute approximate surface area is 169 Å². The summed E-state index contributed by atoms with van der Waals surface area (Å²) in [5.41, 5.74) is 5.52. The van der Waals surface area contributed by atoms with Gasteiger partial charge in [-0.15, -0.1) is 0 Å². The van der Waals surface area contributed by atoms with Crippen molar-refractivity contribution in [2.45, 2.75) is 20.1 Å². The number of hydroxylamine groups is 2. The number of halogens is 1. The van der Waals surface area contributed by atoms with Crippen LogP contribution in [-0.4, -0.2) is 10.9 Å². The van der Waals surface area contributed by atoms with Gasteiger partial charge in [0.2, 0.25) is 0 Å². The maximum absolute atomic E-state index is 10.9. The van der Waals surface area contributed by atoms with Crippen LogP contribution in [0.2, 0.25) is 5.02 Å². The van der Waals surface area contributed by atoms with E-state index < -0.39 is 5.23 Å². The van der Waals surface area contributed by atoms with Crippen LogP contribution in [0.15, 0.2) is 78.0 Å². The van der Waals surface area contributed by atoms with Crippen molar-refractivity contribution in [3.8, 4) is 11.1 Å². The summed E-state index contributed by atoms with van der Waals surface area (Å²) in [5, 5.41) is 23.9. The van der Waals surface area contributed by atoms with Crippen LogP contribution >= 0.6 is 11.6 Å². The molecule has 3 aromatic rings. The van der Waals surface area contributed by atoms with Crippen molar-refractivity contribution in [1.82, 2.24) is 0 Å². The third-order valence-electron chi connectivity index (χ3n) is 4.26. The van der Waals surface area contributed by atoms with Gasteiger partial charge in [-0.25, -0.2) is 10.4 Å². The van der Waals surface area contributed by atoms with Crippen molar-refractivity contribution in [2.24, 2.45) is 5.16 Å². The van der Waals surface area contributed by atoms with E-state index in [1.807, 2.05) is 79.7 Å². The number of quaternary nitrogens is 1. The Hall–Kier alpha value is -2.70. The van der Waals surface area contributed by atoms with Gasteiger partial charge < -0.3 is 10.0 Å². The Balaban J connectivity index is 1.65. The van der Waals surface area contributed by atoms with E-state index in [1.165, 1.54) is 0 Å². The van der Waals surface area contributed by atoms with Crippen LogP contribution in [0.3, 0.4) is 0 Å². The second kappa shape index (κ2) is 9.48. The first-order valence-corrected chi connectivity index (χ1v) is 9.21. The number of hydrogen-bond donors (Lipinski definition) is 2. The minimum Gasteiger partial charge on any atom is -0.600 e. The molecule has 1 unspecified atom stereocenters. The predicted octanol–water partition coefficient (Wildman–Crippen LogP) is 4.22. The fraction of sp³-hybridized carbons (Fsp3) is 0.136. The molecule has 0 aliphatic heterocycles. The highest BCUT2D eigenvalue weighted by atomic mass is 35.5. The molecule has 0 spiro atoms. The molecule has 0 bridgehead atoms. The summed E-state index contributed by atoms with van der Waals surface area (Å²) in [6.45, 7) is 2.29. The highest BCUT2D eigenvalue weighted by molar-refractivity contribution is 6.30. The maximum atomic E-state index is 10.9. The number of hydrogen-bond acceptors (Lipinski definition) is 4. The number of nitrogens with zero attached hydrogens (tertiary/aromatic N) is 1. The number of benzene rings is 3. The zero-order valence-electron chi connectivity index (χ0n) is 15.4. The summed E-state index contributed by atoms with van der Waals surface area (Å²) >= 11 is 5.87. The van der Waals surface area contributed by atoms with Crippen molar-refractivity contribution in [1.29, 1.82) is 0 Å². The third-order valence-corrected chi connectivity index (χ3v) is 4.52. The summed E-state index contributed by atoms with van der Waals surface area (Å²) in [6, 6.07) is 23.0. The average molecular weight is 397 g/mol. The first-order valence-electron chi connectivity index (χ1n) is 8.84. The highest BCUT2D eigenvalue weighted by Crippen LogP contribution is 2.21. The van der Waals surface area contributed by atoms with Gasteiger partial charge in [-0.1, -0.05) is 71.4 Å². The molecule has 3 aromatic carbocycles. The minimum absolute atomic E-state index is 0.0165. The van der Waals surface area contributed by atoms with Crippen molar-refractivity contribution < 1.29 is 15.3 Å². The van der Waals surface area contributed by atoms with Gasteiger partial charge in [0.25, 0.3) is 0 Å². The van der Waals surface area contributed by atoms with E-state index in [1.54, 1.807) is 0 Å². The minimum atomic E-state index is -0.835. The van der Waals surface area contributed by atoms with Crippen LogP contribution in [0.1, 0.15) is 23.6 Å². The fourth-order valence-corrected chi connectivity index (χ4v) is 2.90. The average Bonchev–Trinajstić information content (AvgIpc) is 2.69. The molecule has 0 radical (unpaired) electrons. The van der Waals surface area contributed by atoms with Crippen molar-refractivity contribution in [2.75, 3.05) is 0 Å². The molecule has 1 atom stereocenters. The molecule has 28 heavy (non-hydrogen) atoms. The lowest BCUT2D eigenvalue weighted by molar-refractivity contribution is -1.06. The molecule has 144 valence electrons. The van der Waals surface area contributed by atoms with Crippen LogP contribution in [0, 0.1) is 5.21 Å². The summed E-state index contributed by atoms with van der Waals surface area (Å²) in [6.07, 6.45) is 0. The van der Waals surface area contributed by atoms with Gasteiger partial charge in [-0.3, -0.25) is 0 Å². The SMILES string of the molecule is C/C(=N\OCc1ccc(Cl)cc1)c1ccc(-c2cccc(C[NH+]([O-])O)c2)cc1. The van der Waals surface area contributed by atoms with Gasteiger partial charge in [0.15, 0.2) is 0 Å². The van der Waals surface area contributed by atoms with Gasteiger partial charge in [0, 0.05) is 10.6 Å². The van der Waals surface area contributed by atoms with E-state index in [2.05, 4.69) is 5.16 Å². The van der Waals surface area contributed by atoms with Gasteiger partial charge in [-0.05, 0) is 47.4 Å². The van der Waals surface area contributed by atoms with Gasteiger partial charge in [0.05, 0.1) is 5.71 Å². The molecule has 6 heteroatoms. The second-order valence-electron chi connectivity index (χ2n) is 6.42. The van der Waals surface area contributed by atoms with Crippen molar-refractivity contribution in [3.05, 3.63) is 99.7 Å². The molecule has 5 nitrogen and oxygen atoms in total. The van der Waals surface area contributed by atoms with Gasteiger partial charge >= 0.3 is 0 Å². The van der Waals surface area contributed by atoms with Crippen molar-refractivity contribution in [3.63, 3.8) is 0 Å². The second-order valence-corrected chi connectivity index (χ2v) is 6.86. The zero-order valence-corrected chi connectivity index (χ0v) is 16.2. The molecule has 0 saturated carbocycles. The molecular formula is C22H21ClN2O3. The van der Waals surface area contributed by atoms with Crippen LogP contribution in [0.25, 0.3) is 11.1 Å². The first kappa shape index (κ1) is 20.0. The van der Waals surface area contributed by atoms with E-state index in [0.717, 1.165) is 33.5 Å². The number of nitrogens with one attached hydrogen (secondary N) is 1. The monoisotopic (exact) mass is 396 g/mol. The number of rotatable bonds is 7. The topological polar surface area (TPSA) is 69.3 Å². The quantitative estimate of drug-likeness (QED) is 0.464. The Kier molecular flexibility index (Phi) is 6.79. The van der Waals surface area contributed by atoms with Crippen LogP contribution in [0.5, 0.6) is 0 Å². The Morgan fingerprint density at radius 2 is 1.71 bits per heavy atom. The maximum Gasteiger partial charge on any atom is 0.142 e. The van der Waals surface area contributed by atoms with Gasteiger partial charge in [-0.2, -0.15) is 0 Å². The Bertz CT molecular complexity index is 939. The highest BCUT2D eigenvalue weighted by Gasteiger charge is 2.04. The van der Waals surface area contributed by atoms with Crippen molar-refractivity contribution >= 4 is 17.3 Å². The summed E-state index contributed by atoms with van der Waals surface area (Å²) in [5.74, 6) is 0. The molecular weight excluding hydrogens is 376 g/mol. The predicted molar refractivity (Wildman–Crippen MR) is 110 cm³/mol. The molecule has 0 fully saturated rings. The summed E-state index contributed by atoms with van der Waals surface area (Å²) in [4.78, 5) is 5.43. The fourth-order valence-electron chi connectivity index (χ4n) is 2.78. The Morgan fingerprint density at radius 1 is 1.00 bits per heavy atom. The normalized spacial score (nSPS) is 12.6.